The van der Waals surface area contributed by atoms with Crippen LogP contribution in [0, 0.1) is 0 Å². The fourth-order valence-electron chi connectivity index (χ4n) is 3.38. The zero-order valence-electron chi connectivity index (χ0n) is 15.0. The molecule has 0 saturated carbocycles. The number of aromatic amines is 1. The lowest BCUT2D eigenvalue weighted by Gasteiger charge is -2.36. The van der Waals surface area contributed by atoms with Crippen molar-refractivity contribution in [2.75, 3.05) is 31.1 Å². The Hall–Kier alpha value is -2.23. The second kappa shape index (κ2) is 8.02. The van der Waals surface area contributed by atoms with Crippen molar-refractivity contribution in [3.05, 3.63) is 45.8 Å². The smallest absolute Gasteiger partial charge is 0.239 e. The maximum Gasteiger partial charge on any atom is 0.239 e. The number of fused-ring (bicyclic) bond motifs is 1. The lowest BCUT2D eigenvalue weighted by atomic mass is 10.1. The van der Waals surface area contributed by atoms with E-state index in [4.69, 9.17) is 17.3 Å². The number of carbonyl (C=O) groups is 1. The first-order valence-corrected chi connectivity index (χ1v) is 10.1. The fourth-order valence-corrected chi connectivity index (χ4v) is 3.95. The second-order valence-corrected chi connectivity index (χ2v) is 7.91. The van der Waals surface area contributed by atoms with Gasteiger partial charge in [-0.3, -0.25) is 9.89 Å². The number of anilines is 1. The molecule has 2 aromatic heterocycles. The molecule has 0 bridgehead atoms. The van der Waals surface area contributed by atoms with E-state index in [2.05, 4.69) is 41.0 Å². The van der Waals surface area contributed by atoms with Crippen LogP contribution in [0.4, 0.5) is 5.82 Å². The highest BCUT2D eigenvalue weighted by Crippen LogP contribution is 2.28. The van der Waals surface area contributed by atoms with Crippen LogP contribution in [-0.2, 0) is 11.2 Å². The van der Waals surface area contributed by atoms with Crippen molar-refractivity contribution < 1.29 is 4.79 Å². The molecule has 8 nitrogen and oxygen atoms in total. The summed E-state index contributed by atoms with van der Waals surface area (Å²) in [6.45, 7) is 2.52. The van der Waals surface area contributed by atoms with Crippen LogP contribution < -0.4 is 10.6 Å². The summed E-state index contributed by atoms with van der Waals surface area (Å²) in [6.07, 6.45) is 2.00. The van der Waals surface area contributed by atoms with Gasteiger partial charge in [0, 0.05) is 31.2 Å². The maximum absolute atomic E-state index is 12.7. The maximum atomic E-state index is 12.7. The predicted molar refractivity (Wildman–Crippen MR) is 111 cm³/mol. The normalized spacial score (nSPS) is 15.8. The Morgan fingerprint density at radius 3 is 2.64 bits per heavy atom. The number of amides is 1. The first-order chi connectivity index (χ1) is 13.5. The largest absolute Gasteiger partial charge is 0.352 e. The van der Waals surface area contributed by atoms with E-state index in [1.54, 1.807) is 0 Å². The van der Waals surface area contributed by atoms with Crippen LogP contribution in [0.25, 0.3) is 11.0 Å². The fraction of sp³-hybridized carbons (Fsp3) is 0.333. The van der Waals surface area contributed by atoms with Gasteiger partial charge in [-0.25, -0.2) is 9.97 Å². The number of piperazine rings is 1. The van der Waals surface area contributed by atoms with Crippen molar-refractivity contribution in [1.82, 2.24) is 25.1 Å². The zero-order chi connectivity index (χ0) is 19.7. The summed E-state index contributed by atoms with van der Waals surface area (Å²) >= 11 is 9.37. The van der Waals surface area contributed by atoms with Crippen LogP contribution in [0.1, 0.15) is 5.56 Å². The molecule has 3 aromatic rings. The minimum Gasteiger partial charge on any atom is -0.352 e. The van der Waals surface area contributed by atoms with E-state index in [0.717, 1.165) is 21.4 Å². The number of hydrogen-bond acceptors (Lipinski definition) is 6. The molecule has 0 spiro atoms. The summed E-state index contributed by atoms with van der Waals surface area (Å²) in [7, 11) is 0. The van der Waals surface area contributed by atoms with Gasteiger partial charge in [-0.1, -0.05) is 23.7 Å². The van der Waals surface area contributed by atoms with Crippen molar-refractivity contribution in [2.24, 2.45) is 5.73 Å². The summed E-state index contributed by atoms with van der Waals surface area (Å²) < 4.78 is 0.751. The Balaban J connectivity index is 1.40. The molecule has 1 aliphatic rings. The Morgan fingerprint density at radius 1 is 1.21 bits per heavy atom. The van der Waals surface area contributed by atoms with Crippen LogP contribution in [0.2, 0.25) is 5.02 Å². The number of H-pyrrole nitrogens is 1. The quantitative estimate of drug-likeness (QED) is 0.612. The van der Waals surface area contributed by atoms with Crippen LogP contribution in [0.3, 0.4) is 0 Å². The molecule has 1 aliphatic heterocycles. The molecular weight excluding hydrogens is 446 g/mol. The molecule has 3 N–H and O–H groups in total. The van der Waals surface area contributed by atoms with Crippen molar-refractivity contribution >= 4 is 50.3 Å². The number of hydrogen-bond donors (Lipinski definition) is 2. The topological polar surface area (TPSA) is 104 Å². The molecule has 146 valence electrons. The first-order valence-electron chi connectivity index (χ1n) is 8.91. The Bertz CT molecular complexity index is 985. The molecule has 1 saturated heterocycles. The lowest BCUT2D eigenvalue weighted by Crippen LogP contribution is -2.53. The van der Waals surface area contributed by atoms with Gasteiger partial charge < -0.3 is 15.5 Å². The second-order valence-electron chi connectivity index (χ2n) is 6.68. The molecule has 4 rings (SSSR count). The molecule has 1 aromatic carbocycles. The number of nitrogens with zero attached hydrogens (tertiary/aromatic N) is 5. The summed E-state index contributed by atoms with van der Waals surface area (Å²) in [5, 5.41) is 8.54. The summed E-state index contributed by atoms with van der Waals surface area (Å²) in [6, 6.07) is 6.85. The van der Waals surface area contributed by atoms with Crippen LogP contribution >= 0.6 is 27.5 Å². The van der Waals surface area contributed by atoms with Gasteiger partial charge in [0.25, 0.3) is 0 Å². The van der Waals surface area contributed by atoms with E-state index >= 15 is 0 Å². The molecule has 1 amide bonds. The van der Waals surface area contributed by atoms with E-state index in [0.29, 0.717) is 43.3 Å². The minimum atomic E-state index is -0.568. The molecule has 3 heterocycles. The van der Waals surface area contributed by atoms with Gasteiger partial charge in [-0.15, -0.1) is 0 Å². The molecule has 0 radical (unpaired) electrons. The van der Waals surface area contributed by atoms with E-state index in [-0.39, 0.29) is 5.91 Å². The minimum absolute atomic E-state index is 0.0353. The Kier molecular flexibility index (Phi) is 5.47. The number of benzene rings is 1. The highest BCUT2D eigenvalue weighted by atomic mass is 79.9. The van der Waals surface area contributed by atoms with Crippen molar-refractivity contribution in [2.45, 2.75) is 12.5 Å². The highest BCUT2D eigenvalue weighted by molar-refractivity contribution is 9.10. The Labute approximate surface area is 175 Å². The van der Waals surface area contributed by atoms with E-state index in [1.807, 2.05) is 29.2 Å². The van der Waals surface area contributed by atoms with Gasteiger partial charge in [-0.05, 0) is 40.0 Å². The number of rotatable bonds is 4. The van der Waals surface area contributed by atoms with Crippen LogP contribution in [0.15, 0.2) is 35.2 Å². The van der Waals surface area contributed by atoms with Crippen LogP contribution in [0.5, 0.6) is 0 Å². The molecular formula is C18H19BrClN7O. The summed E-state index contributed by atoms with van der Waals surface area (Å²) in [4.78, 5) is 25.3. The number of carbonyl (C=O) groups excluding carboxylic acids is 1. The van der Waals surface area contributed by atoms with Gasteiger partial charge in [-0.2, -0.15) is 5.10 Å². The van der Waals surface area contributed by atoms with E-state index in [1.165, 1.54) is 6.33 Å². The van der Waals surface area contributed by atoms with Crippen molar-refractivity contribution in [1.29, 1.82) is 0 Å². The number of nitrogens with one attached hydrogen (secondary N) is 1. The molecule has 10 heteroatoms. The standard InChI is InChI=1S/C18H19BrClN7O/c19-15-14-16(25-24-15)22-10-23-17(14)26-5-7-27(8-6-26)18(28)13(21)9-11-1-3-12(20)4-2-11/h1-4,10,13H,5-9,21H2,(H,22,23,24,25)/t13-/m1/s1. The molecule has 1 atom stereocenters. The van der Waals surface area contributed by atoms with Gasteiger partial charge >= 0.3 is 0 Å². The van der Waals surface area contributed by atoms with Gasteiger partial charge in [0.2, 0.25) is 5.91 Å². The lowest BCUT2D eigenvalue weighted by molar-refractivity contribution is -0.132. The van der Waals surface area contributed by atoms with Gasteiger partial charge in [0.05, 0.1) is 11.4 Å². The molecule has 1 fully saturated rings. The van der Waals surface area contributed by atoms with Gasteiger partial charge in [0.1, 0.15) is 16.7 Å². The zero-order valence-corrected chi connectivity index (χ0v) is 17.3. The Morgan fingerprint density at radius 2 is 1.93 bits per heavy atom. The third-order valence-corrected chi connectivity index (χ3v) is 5.69. The van der Waals surface area contributed by atoms with Gasteiger partial charge in [0.15, 0.2) is 5.65 Å². The van der Waals surface area contributed by atoms with Crippen molar-refractivity contribution in [3.63, 3.8) is 0 Å². The first kappa shape index (κ1) is 19.1. The highest BCUT2D eigenvalue weighted by Gasteiger charge is 2.27. The average Bonchev–Trinajstić information content (AvgIpc) is 3.10. The monoisotopic (exact) mass is 463 g/mol. The number of nitrogens with two attached hydrogens (primary N) is 1. The SMILES string of the molecule is N[C@H](Cc1ccc(Cl)cc1)C(=O)N1CCN(c2ncnc3n[nH]c(Br)c23)CC1. The third-order valence-electron chi connectivity index (χ3n) is 4.86. The summed E-state index contributed by atoms with van der Waals surface area (Å²) in [5.41, 5.74) is 7.78. The third kappa shape index (κ3) is 3.82. The van der Waals surface area contributed by atoms with E-state index < -0.39 is 6.04 Å². The molecule has 0 unspecified atom stereocenters. The number of halogens is 2. The molecule has 0 aliphatic carbocycles. The molecule has 28 heavy (non-hydrogen) atoms. The summed E-state index contributed by atoms with van der Waals surface area (Å²) in [5.74, 6) is 0.773. The van der Waals surface area contributed by atoms with Crippen molar-refractivity contribution in [3.8, 4) is 0 Å². The average molecular weight is 465 g/mol. The van der Waals surface area contributed by atoms with Crippen LogP contribution in [-0.4, -0.2) is 63.2 Å². The van der Waals surface area contributed by atoms with E-state index in [9.17, 15) is 4.79 Å². The number of aromatic nitrogens is 4. The predicted octanol–water partition coefficient (Wildman–Crippen LogP) is 1.99.